The third-order valence-corrected chi connectivity index (χ3v) is 8.63. The highest BCUT2D eigenvalue weighted by atomic mass is 35.5. The van der Waals surface area contributed by atoms with Gasteiger partial charge in [0.15, 0.2) is 0 Å². The van der Waals surface area contributed by atoms with Crippen molar-refractivity contribution in [3.63, 3.8) is 0 Å². The van der Waals surface area contributed by atoms with Crippen LogP contribution in [-0.2, 0) is 24.4 Å². The molecule has 2 aromatic carbocycles. The number of ether oxygens (including phenoxy) is 1. The number of likely N-dealkylation sites (tertiary alicyclic amines) is 1. The van der Waals surface area contributed by atoms with Crippen molar-refractivity contribution in [2.45, 2.75) is 44.6 Å². The standard InChI is InChI=1S/C30H32ClN3O4S/c1-38-15-14-34-19-25(29(37)32-17-20-9-11-22(31)12-10-20)28(36)24-16-23(39-30(24)34)18-33-13-5-8-26(33)27(35)21-6-3-2-4-7-21/h2-4,6-7,9-12,16,19,26-27,35H,5,8,13-15,17-18H2,1H3,(H,32,37)/t26-,27?/m1/s1. The molecule has 204 valence electrons. The SMILES string of the molecule is COCCn1cc(C(=O)NCc2ccc(Cl)cc2)c(=O)c2cc(CN3CCC[C@@H]3C(O)c3ccccc3)sc21. The number of benzene rings is 2. The van der Waals surface area contributed by atoms with E-state index >= 15 is 0 Å². The van der Waals surface area contributed by atoms with Gasteiger partial charge in [-0.15, -0.1) is 11.3 Å². The van der Waals surface area contributed by atoms with Crippen molar-refractivity contribution in [1.82, 2.24) is 14.8 Å². The Balaban J connectivity index is 1.40. The Kier molecular flexibility index (Phi) is 8.79. The Hall–Kier alpha value is -3.01. The van der Waals surface area contributed by atoms with Gasteiger partial charge in [0, 0.05) is 48.9 Å². The normalized spacial score (nSPS) is 16.5. The molecule has 4 aromatic rings. The fourth-order valence-corrected chi connectivity index (χ4v) is 6.48. The molecule has 2 N–H and O–H groups in total. The van der Waals surface area contributed by atoms with Crippen LogP contribution in [0.25, 0.3) is 10.2 Å². The first-order valence-electron chi connectivity index (χ1n) is 13.1. The van der Waals surface area contributed by atoms with Crippen molar-refractivity contribution in [3.05, 3.63) is 104 Å². The molecule has 0 radical (unpaired) electrons. The van der Waals surface area contributed by atoms with Crippen LogP contribution in [0.3, 0.4) is 0 Å². The number of pyridine rings is 1. The van der Waals surface area contributed by atoms with Crippen molar-refractivity contribution in [2.24, 2.45) is 0 Å². The Labute approximate surface area is 236 Å². The first-order valence-corrected chi connectivity index (χ1v) is 14.3. The minimum Gasteiger partial charge on any atom is -0.387 e. The maximum atomic E-state index is 13.5. The number of nitrogens with one attached hydrogen (secondary N) is 1. The van der Waals surface area contributed by atoms with E-state index in [9.17, 15) is 14.7 Å². The molecule has 5 rings (SSSR count). The zero-order valence-electron chi connectivity index (χ0n) is 21.8. The van der Waals surface area contributed by atoms with Crippen molar-refractivity contribution >= 4 is 39.1 Å². The molecule has 7 nitrogen and oxygen atoms in total. The van der Waals surface area contributed by atoms with Crippen LogP contribution < -0.4 is 10.7 Å². The van der Waals surface area contributed by atoms with Gasteiger partial charge in [-0.3, -0.25) is 14.5 Å². The maximum absolute atomic E-state index is 13.5. The summed E-state index contributed by atoms with van der Waals surface area (Å²) in [5.41, 5.74) is 1.64. The average Bonchev–Trinajstić information content (AvgIpc) is 3.60. The number of hydrogen-bond donors (Lipinski definition) is 2. The van der Waals surface area contributed by atoms with Crippen molar-refractivity contribution in [2.75, 3.05) is 20.3 Å². The molecule has 39 heavy (non-hydrogen) atoms. The van der Waals surface area contributed by atoms with E-state index in [1.165, 1.54) is 0 Å². The molecular formula is C30H32ClN3O4S. The summed E-state index contributed by atoms with van der Waals surface area (Å²) in [6.07, 6.45) is 3.00. The molecule has 0 saturated carbocycles. The third-order valence-electron chi connectivity index (χ3n) is 7.22. The number of aliphatic hydroxyl groups is 1. The van der Waals surface area contributed by atoms with Crippen LogP contribution in [0, 0.1) is 0 Å². The number of rotatable bonds is 10. The largest absolute Gasteiger partial charge is 0.387 e. The van der Waals surface area contributed by atoms with Gasteiger partial charge in [-0.25, -0.2) is 0 Å². The maximum Gasteiger partial charge on any atom is 0.257 e. The van der Waals surface area contributed by atoms with E-state index in [1.54, 1.807) is 36.8 Å². The topological polar surface area (TPSA) is 83.8 Å². The number of methoxy groups -OCH3 is 1. The number of hydrogen-bond acceptors (Lipinski definition) is 6. The lowest BCUT2D eigenvalue weighted by atomic mass is 10.0. The van der Waals surface area contributed by atoms with Gasteiger partial charge in [0.2, 0.25) is 5.43 Å². The predicted molar refractivity (Wildman–Crippen MR) is 155 cm³/mol. The number of thiophene rings is 1. The summed E-state index contributed by atoms with van der Waals surface area (Å²) >= 11 is 7.51. The Bertz CT molecular complexity index is 1490. The number of nitrogens with zero attached hydrogens (tertiary/aromatic N) is 2. The Morgan fingerprint density at radius 2 is 1.97 bits per heavy atom. The van der Waals surface area contributed by atoms with E-state index in [0.717, 1.165) is 40.2 Å². The zero-order valence-corrected chi connectivity index (χ0v) is 23.4. The Morgan fingerprint density at radius 3 is 2.72 bits per heavy atom. The molecule has 9 heteroatoms. The van der Waals surface area contributed by atoms with Gasteiger partial charge in [-0.1, -0.05) is 54.1 Å². The van der Waals surface area contributed by atoms with Gasteiger partial charge in [-0.05, 0) is 48.7 Å². The van der Waals surface area contributed by atoms with Crippen LogP contribution in [0.5, 0.6) is 0 Å². The lowest BCUT2D eigenvalue weighted by molar-refractivity contribution is 0.0693. The number of carbonyl (C=O) groups is 1. The quantitative estimate of drug-likeness (QED) is 0.283. The van der Waals surface area contributed by atoms with E-state index < -0.39 is 12.0 Å². The number of fused-ring (bicyclic) bond motifs is 1. The number of aliphatic hydroxyl groups excluding tert-OH is 1. The van der Waals surface area contributed by atoms with Crippen LogP contribution in [0.2, 0.25) is 5.02 Å². The van der Waals surface area contributed by atoms with E-state index in [1.807, 2.05) is 53.1 Å². The molecule has 1 aliphatic rings. The molecule has 1 fully saturated rings. The molecule has 3 heterocycles. The van der Waals surface area contributed by atoms with E-state index in [4.69, 9.17) is 16.3 Å². The molecular weight excluding hydrogens is 534 g/mol. The molecule has 2 atom stereocenters. The van der Waals surface area contributed by atoms with Crippen molar-refractivity contribution < 1.29 is 14.6 Å². The minimum atomic E-state index is -0.569. The highest BCUT2D eigenvalue weighted by molar-refractivity contribution is 7.18. The van der Waals surface area contributed by atoms with Crippen LogP contribution in [0.15, 0.2) is 71.7 Å². The zero-order chi connectivity index (χ0) is 27.4. The summed E-state index contributed by atoms with van der Waals surface area (Å²) in [6, 6.07) is 18.9. The van der Waals surface area contributed by atoms with Crippen molar-refractivity contribution in [3.8, 4) is 0 Å². The summed E-state index contributed by atoms with van der Waals surface area (Å²) < 4.78 is 7.23. The summed E-state index contributed by atoms with van der Waals surface area (Å²) in [6.45, 7) is 2.78. The van der Waals surface area contributed by atoms with Gasteiger partial charge in [-0.2, -0.15) is 0 Å². The van der Waals surface area contributed by atoms with Gasteiger partial charge >= 0.3 is 0 Å². The molecule has 1 unspecified atom stereocenters. The van der Waals surface area contributed by atoms with E-state index in [0.29, 0.717) is 36.7 Å². The second kappa shape index (κ2) is 12.4. The fraction of sp³-hybridized carbons (Fsp3) is 0.333. The number of carbonyl (C=O) groups excluding carboxylic acids is 1. The molecule has 0 bridgehead atoms. The number of amides is 1. The third kappa shape index (κ3) is 6.26. The molecule has 0 aliphatic carbocycles. The van der Waals surface area contributed by atoms with Gasteiger partial charge in [0.05, 0.1) is 18.1 Å². The smallest absolute Gasteiger partial charge is 0.257 e. The monoisotopic (exact) mass is 565 g/mol. The lowest BCUT2D eigenvalue weighted by Gasteiger charge is -2.28. The highest BCUT2D eigenvalue weighted by Crippen LogP contribution is 2.33. The average molecular weight is 566 g/mol. The van der Waals surface area contributed by atoms with Crippen LogP contribution >= 0.6 is 22.9 Å². The molecule has 1 saturated heterocycles. The molecule has 1 aliphatic heterocycles. The van der Waals surface area contributed by atoms with Crippen LogP contribution in [-0.4, -0.2) is 46.8 Å². The second-order valence-corrected chi connectivity index (χ2v) is 11.4. The second-order valence-electron chi connectivity index (χ2n) is 9.83. The predicted octanol–water partition coefficient (Wildman–Crippen LogP) is 4.99. The van der Waals surface area contributed by atoms with Crippen LogP contribution in [0.4, 0.5) is 0 Å². The van der Waals surface area contributed by atoms with E-state index in [-0.39, 0.29) is 17.0 Å². The first kappa shape index (κ1) is 27.6. The van der Waals surface area contributed by atoms with Gasteiger partial charge in [0.25, 0.3) is 5.91 Å². The summed E-state index contributed by atoms with van der Waals surface area (Å²) in [4.78, 5) is 30.7. The van der Waals surface area contributed by atoms with Crippen LogP contribution in [0.1, 0.15) is 45.3 Å². The molecule has 1 amide bonds. The summed E-state index contributed by atoms with van der Waals surface area (Å²) in [5, 5.41) is 15.1. The Morgan fingerprint density at radius 1 is 1.21 bits per heavy atom. The highest BCUT2D eigenvalue weighted by Gasteiger charge is 2.32. The number of aromatic nitrogens is 1. The first-order chi connectivity index (χ1) is 18.9. The van der Waals surface area contributed by atoms with E-state index in [2.05, 4.69) is 10.2 Å². The minimum absolute atomic E-state index is 0.0131. The fourth-order valence-electron chi connectivity index (χ4n) is 5.18. The molecule has 2 aromatic heterocycles. The van der Waals surface area contributed by atoms with Gasteiger partial charge < -0.3 is 19.7 Å². The number of halogens is 1. The molecule has 0 spiro atoms. The van der Waals surface area contributed by atoms with Crippen molar-refractivity contribution in [1.29, 1.82) is 0 Å². The summed E-state index contributed by atoms with van der Waals surface area (Å²) in [5.74, 6) is -0.415. The lowest BCUT2D eigenvalue weighted by Crippen LogP contribution is -2.33. The summed E-state index contributed by atoms with van der Waals surface area (Å²) in [7, 11) is 1.63. The van der Waals surface area contributed by atoms with Gasteiger partial charge in [0.1, 0.15) is 10.4 Å².